The molecular formula is C28H28N2O5. The lowest BCUT2D eigenvalue weighted by molar-refractivity contribution is -0.139. The van der Waals surface area contributed by atoms with E-state index in [0.717, 1.165) is 17.7 Å². The van der Waals surface area contributed by atoms with E-state index in [4.69, 9.17) is 4.74 Å². The number of hydrogen-bond acceptors (Lipinski definition) is 5. The van der Waals surface area contributed by atoms with Crippen LogP contribution in [0.1, 0.15) is 38.7 Å². The predicted octanol–water partition coefficient (Wildman–Crippen LogP) is 4.05. The van der Waals surface area contributed by atoms with Gasteiger partial charge in [-0.05, 0) is 56.0 Å². The average molecular weight is 473 g/mol. The van der Waals surface area contributed by atoms with Crippen LogP contribution in [0, 0.1) is 17.8 Å². The van der Waals surface area contributed by atoms with Gasteiger partial charge in [0.2, 0.25) is 17.7 Å². The van der Waals surface area contributed by atoms with Crippen LogP contribution < -0.4 is 14.5 Å². The van der Waals surface area contributed by atoms with Gasteiger partial charge in [0.05, 0.1) is 23.4 Å². The first-order valence-electron chi connectivity index (χ1n) is 12.1. The maximum Gasteiger partial charge on any atom is 0.316 e. The summed E-state index contributed by atoms with van der Waals surface area (Å²) in [6.45, 7) is 4.30. The number of carbonyl (C=O) groups excluding carboxylic acids is 4. The molecule has 2 fully saturated rings. The number of ether oxygens (including phenoxy) is 1. The number of benzene rings is 2. The minimum absolute atomic E-state index is 0.0763. The lowest BCUT2D eigenvalue weighted by Crippen LogP contribution is -2.31. The number of anilines is 2. The van der Waals surface area contributed by atoms with E-state index < -0.39 is 11.9 Å². The third-order valence-corrected chi connectivity index (χ3v) is 7.23. The van der Waals surface area contributed by atoms with Crippen molar-refractivity contribution in [1.82, 2.24) is 0 Å². The normalized spacial score (nSPS) is 24.0. The number of amides is 3. The first kappa shape index (κ1) is 23.0. The van der Waals surface area contributed by atoms with Crippen molar-refractivity contribution >= 4 is 35.1 Å². The standard InChI is InChI=1S/C28H28N2O5/c1-3-18-8-10-20(11-9-18)29-16-19(14-25(29)31)28(34)35-22-6-4-5-21(15-22)30-26(32)23-12-7-17(2)13-24(23)27(30)33/h4-11,15,19,23-24H,3,12-14,16H2,1-2H3/t19-,23-,24+/m1/s1. The maximum absolute atomic E-state index is 13.0. The number of nitrogens with zero attached hydrogens (tertiary/aromatic N) is 2. The van der Waals surface area contributed by atoms with Crippen LogP contribution in [0.5, 0.6) is 5.75 Å². The second kappa shape index (κ2) is 9.13. The minimum Gasteiger partial charge on any atom is -0.426 e. The van der Waals surface area contributed by atoms with Gasteiger partial charge < -0.3 is 9.64 Å². The van der Waals surface area contributed by atoms with Crippen molar-refractivity contribution in [3.63, 3.8) is 0 Å². The zero-order chi connectivity index (χ0) is 24.7. The molecule has 0 spiro atoms. The van der Waals surface area contributed by atoms with Gasteiger partial charge in [-0.15, -0.1) is 0 Å². The minimum atomic E-state index is -0.594. The molecule has 35 heavy (non-hydrogen) atoms. The highest BCUT2D eigenvalue weighted by atomic mass is 16.5. The van der Waals surface area contributed by atoms with Crippen molar-refractivity contribution in [3.8, 4) is 5.75 Å². The van der Waals surface area contributed by atoms with E-state index in [2.05, 4.69) is 6.92 Å². The molecule has 7 heteroatoms. The van der Waals surface area contributed by atoms with Crippen LogP contribution in [-0.4, -0.2) is 30.2 Å². The molecule has 3 aliphatic rings. The van der Waals surface area contributed by atoms with E-state index >= 15 is 0 Å². The number of allylic oxidation sites excluding steroid dienone is 2. The Kier molecular flexibility index (Phi) is 6.01. The molecule has 0 N–H and O–H groups in total. The Labute approximate surface area is 204 Å². The molecule has 0 aromatic heterocycles. The molecule has 2 aromatic rings. The van der Waals surface area contributed by atoms with Crippen LogP contribution >= 0.6 is 0 Å². The molecule has 2 saturated heterocycles. The Morgan fingerprint density at radius 2 is 1.71 bits per heavy atom. The summed E-state index contributed by atoms with van der Waals surface area (Å²) in [6.07, 6.45) is 4.17. The van der Waals surface area contributed by atoms with Gasteiger partial charge in [0.25, 0.3) is 0 Å². The number of esters is 1. The fourth-order valence-electron chi connectivity index (χ4n) is 5.20. The second-order valence-electron chi connectivity index (χ2n) is 9.56. The van der Waals surface area contributed by atoms with E-state index in [1.807, 2.05) is 37.3 Å². The number of aryl methyl sites for hydroxylation is 1. The number of carbonyl (C=O) groups is 4. The fraction of sp³-hybridized carbons (Fsp3) is 0.357. The number of rotatable bonds is 5. The monoisotopic (exact) mass is 472 g/mol. The Balaban J connectivity index is 1.28. The highest BCUT2D eigenvalue weighted by Gasteiger charge is 2.48. The Bertz CT molecular complexity index is 1230. The Morgan fingerprint density at radius 1 is 0.971 bits per heavy atom. The lowest BCUT2D eigenvalue weighted by Gasteiger charge is -2.18. The summed E-state index contributed by atoms with van der Waals surface area (Å²) in [4.78, 5) is 54.3. The average Bonchev–Trinajstić information content (AvgIpc) is 3.36. The SMILES string of the molecule is CCc1ccc(N2C[C@H](C(=O)Oc3cccc(N4C(=O)[C@H]5CC(C)=CC[C@H]5C4=O)c3)CC2=O)cc1. The van der Waals surface area contributed by atoms with Gasteiger partial charge in [-0.2, -0.15) is 0 Å². The van der Waals surface area contributed by atoms with Gasteiger partial charge in [0.1, 0.15) is 5.75 Å². The van der Waals surface area contributed by atoms with Gasteiger partial charge in [0.15, 0.2) is 0 Å². The van der Waals surface area contributed by atoms with Crippen LogP contribution in [0.4, 0.5) is 11.4 Å². The largest absolute Gasteiger partial charge is 0.426 e. The third-order valence-electron chi connectivity index (χ3n) is 7.23. The Hall–Kier alpha value is -3.74. The van der Waals surface area contributed by atoms with Gasteiger partial charge in [-0.25, -0.2) is 4.90 Å². The van der Waals surface area contributed by atoms with Gasteiger partial charge in [-0.1, -0.05) is 36.8 Å². The molecule has 2 aromatic carbocycles. The van der Waals surface area contributed by atoms with Crippen molar-refractivity contribution in [2.75, 3.05) is 16.3 Å². The highest BCUT2D eigenvalue weighted by molar-refractivity contribution is 6.22. The number of fused-ring (bicyclic) bond motifs is 1. The van der Waals surface area contributed by atoms with Crippen molar-refractivity contribution < 1.29 is 23.9 Å². The van der Waals surface area contributed by atoms with Crippen molar-refractivity contribution in [1.29, 1.82) is 0 Å². The number of hydrogen-bond donors (Lipinski definition) is 0. The molecule has 180 valence electrons. The zero-order valence-corrected chi connectivity index (χ0v) is 19.9. The molecule has 3 atom stereocenters. The Morgan fingerprint density at radius 3 is 2.46 bits per heavy atom. The second-order valence-corrected chi connectivity index (χ2v) is 9.56. The molecule has 0 saturated carbocycles. The summed E-state index contributed by atoms with van der Waals surface area (Å²) < 4.78 is 5.60. The molecule has 0 bridgehead atoms. The molecule has 2 heterocycles. The fourth-order valence-corrected chi connectivity index (χ4v) is 5.20. The summed E-state index contributed by atoms with van der Waals surface area (Å²) in [5.74, 6) is -2.06. The van der Waals surface area contributed by atoms with Crippen molar-refractivity contribution in [3.05, 3.63) is 65.7 Å². The summed E-state index contributed by atoms with van der Waals surface area (Å²) in [6, 6.07) is 14.2. The molecular weight excluding hydrogens is 444 g/mol. The summed E-state index contributed by atoms with van der Waals surface area (Å²) in [5, 5.41) is 0. The van der Waals surface area contributed by atoms with E-state index in [1.165, 1.54) is 10.5 Å². The van der Waals surface area contributed by atoms with Crippen molar-refractivity contribution in [2.24, 2.45) is 17.8 Å². The molecule has 0 radical (unpaired) electrons. The topological polar surface area (TPSA) is 84.0 Å². The first-order valence-corrected chi connectivity index (χ1v) is 12.1. The van der Waals surface area contributed by atoms with Crippen LogP contribution in [0.3, 0.4) is 0 Å². The van der Waals surface area contributed by atoms with Crippen LogP contribution in [-0.2, 0) is 25.6 Å². The van der Waals surface area contributed by atoms with Gasteiger partial charge in [-0.3, -0.25) is 19.2 Å². The van der Waals surface area contributed by atoms with Crippen LogP contribution in [0.2, 0.25) is 0 Å². The van der Waals surface area contributed by atoms with Gasteiger partial charge >= 0.3 is 5.97 Å². The maximum atomic E-state index is 13.0. The molecule has 5 rings (SSSR count). The van der Waals surface area contributed by atoms with Crippen LogP contribution in [0.25, 0.3) is 0 Å². The molecule has 7 nitrogen and oxygen atoms in total. The third kappa shape index (κ3) is 4.27. The molecule has 1 aliphatic carbocycles. The zero-order valence-electron chi connectivity index (χ0n) is 19.9. The van der Waals surface area contributed by atoms with E-state index in [-0.39, 0.29) is 48.3 Å². The summed E-state index contributed by atoms with van der Waals surface area (Å²) in [7, 11) is 0. The quantitative estimate of drug-likeness (QED) is 0.284. The van der Waals surface area contributed by atoms with E-state index in [9.17, 15) is 19.2 Å². The molecule has 0 unspecified atom stereocenters. The summed E-state index contributed by atoms with van der Waals surface area (Å²) in [5.41, 5.74) is 3.47. The first-order chi connectivity index (χ1) is 16.9. The van der Waals surface area contributed by atoms with E-state index in [0.29, 0.717) is 18.5 Å². The number of imide groups is 1. The van der Waals surface area contributed by atoms with Crippen molar-refractivity contribution in [2.45, 2.75) is 39.5 Å². The molecule has 3 amide bonds. The molecule has 2 aliphatic heterocycles. The van der Waals surface area contributed by atoms with Gasteiger partial charge in [0, 0.05) is 24.7 Å². The van der Waals surface area contributed by atoms with Crippen LogP contribution in [0.15, 0.2) is 60.2 Å². The summed E-state index contributed by atoms with van der Waals surface area (Å²) >= 11 is 0. The lowest BCUT2D eigenvalue weighted by atomic mass is 9.82. The van der Waals surface area contributed by atoms with E-state index in [1.54, 1.807) is 29.2 Å². The highest BCUT2D eigenvalue weighted by Crippen LogP contribution is 2.40. The predicted molar refractivity (Wildman–Crippen MR) is 131 cm³/mol. The smallest absolute Gasteiger partial charge is 0.316 e.